The molecular formula is C17H18N6OS. The van der Waals surface area contributed by atoms with Gasteiger partial charge in [-0.2, -0.15) is 10.2 Å². The molecule has 1 aromatic carbocycles. The summed E-state index contributed by atoms with van der Waals surface area (Å²) in [6.07, 6.45) is 6.17. The third-order valence-corrected chi connectivity index (χ3v) is 5.73. The van der Waals surface area contributed by atoms with Crippen molar-refractivity contribution in [2.45, 2.75) is 18.9 Å². The number of nitrogens with one attached hydrogen (secondary N) is 1. The lowest BCUT2D eigenvalue weighted by atomic mass is 10.1. The number of hydrogen-bond donors (Lipinski definition) is 2. The number of phenolic OH excluding ortho intramolecular Hbond substituents is 1. The molecule has 0 saturated carbocycles. The Labute approximate surface area is 147 Å². The van der Waals surface area contributed by atoms with Crippen LogP contribution < -0.4 is 5.32 Å². The lowest BCUT2D eigenvalue weighted by Gasteiger charge is -2.22. The largest absolute Gasteiger partial charge is 0.507 e. The Morgan fingerprint density at radius 3 is 2.80 bits per heavy atom. The van der Waals surface area contributed by atoms with Crippen LogP contribution in [0.25, 0.3) is 31.8 Å². The van der Waals surface area contributed by atoms with Crippen LogP contribution in [0.3, 0.4) is 0 Å². The highest BCUT2D eigenvalue weighted by Gasteiger charge is 2.19. The van der Waals surface area contributed by atoms with E-state index in [9.17, 15) is 5.11 Å². The fourth-order valence-corrected chi connectivity index (χ4v) is 4.41. The number of benzene rings is 1. The lowest BCUT2D eigenvalue weighted by Crippen LogP contribution is -2.29. The smallest absolute Gasteiger partial charge is 0.166 e. The zero-order valence-electron chi connectivity index (χ0n) is 13.8. The topological polar surface area (TPSA) is 80.8 Å². The highest BCUT2D eigenvalue weighted by Crippen LogP contribution is 2.37. The van der Waals surface area contributed by atoms with Gasteiger partial charge in [0.25, 0.3) is 0 Å². The summed E-state index contributed by atoms with van der Waals surface area (Å²) in [5.41, 5.74) is 2.40. The van der Waals surface area contributed by atoms with Gasteiger partial charge in [0.1, 0.15) is 16.3 Å². The molecule has 1 aliphatic heterocycles. The number of thiazole rings is 1. The number of aryl methyl sites for hydroxylation is 1. The molecule has 2 N–H and O–H groups in total. The Hall–Kier alpha value is -2.45. The first-order valence-corrected chi connectivity index (χ1v) is 9.22. The molecule has 1 saturated heterocycles. The van der Waals surface area contributed by atoms with Crippen LogP contribution in [0.4, 0.5) is 0 Å². The van der Waals surface area contributed by atoms with Crippen LogP contribution in [0.2, 0.25) is 0 Å². The third kappa shape index (κ3) is 2.49. The second-order valence-corrected chi connectivity index (χ2v) is 7.51. The molecule has 0 atom stereocenters. The van der Waals surface area contributed by atoms with E-state index in [0.717, 1.165) is 57.8 Å². The van der Waals surface area contributed by atoms with E-state index in [1.165, 1.54) is 11.3 Å². The average molecular weight is 354 g/mol. The highest BCUT2D eigenvalue weighted by molar-refractivity contribution is 7.21. The van der Waals surface area contributed by atoms with Gasteiger partial charge in [-0.05, 0) is 32.0 Å². The van der Waals surface area contributed by atoms with E-state index in [4.69, 9.17) is 10.1 Å². The number of fused-ring (bicyclic) bond motifs is 2. The molecular weight excluding hydrogens is 336 g/mol. The van der Waals surface area contributed by atoms with E-state index in [-0.39, 0.29) is 5.75 Å². The van der Waals surface area contributed by atoms with Crippen molar-refractivity contribution >= 4 is 32.6 Å². The first-order chi connectivity index (χ1) is 12.2. The normalized spacial score (nSPS) is 16.2. The summed E-state index contributed by atoms with van der Waals surface area (Å²) in [6.45, 7) is 2.08. The number of aromatic nitrogens is 5. The average Bonchev–Trinajstić information content (AvgIpc) is 3.26. The predicted molar refractivity (Wildman–Crippen MR) is 97.9 cm³/mol. The van der Waals surface area contributed by atoms with Gasteiger partial charge in [0.15, 0.2) is 4.83 Å². The minimum atomic E-state index is 0.203. The summed E-state index contributed by atoms with van der Waals surface area (Å²) in [5, 5.41) is 24.6. The molecule has 0 unspecified atom stereocenters. The van der Waals surface area contributed by atoms with Gasteiger partial charge in [0, 0.05) is 24.7 Å². The number of rotatable bonds is 2. The SMILES string of the molecule is Cn1cc2cc(-c3nc4cn(C5CCNCC5)nc4s3)c(O)cc2n1. The van der Waals surface area contributed by atoms with E-state index >= 15 is 0 Å². The quantitative estimate of drug-likeness (QED) is 0.578. The van der Waals surface area contributed by atoms with Gasteiger partial charge >= 0.3 is 0 Å². The summed E-state index contributed by atoms with van der Waals surface area (Å²) in [5.74, 6) is 0.203. The summed E-state index contributed by atoms with van der Waals surface area (Å²) in [6, 6.07) is 4.08. The molecule has 1 aliphatic rings. The van der Waals surface area contributed by atoms with Gasteiger partial charge in [-0.25, -0.2) is 4.98 Å². The molecule has 0 spiro atoms. The van der Waals surface area contributed by atoms with Crippen molar-refractivity contribution in [3.05, 3.63) is 24.5 Å². The molecule has 1 fully saturated rings. The van der Waals surface area contributed by atoms with Crippen molar-refractivity contribution in [1.82, 2.24) is 29.9 Å². The number of phenols is 1. The van der Waals surface area contributed by atoms with E-state index in [0.29, 0.717) is 6.04 Å². The predicted octanol–water partition coefficient (Wildman–Crippen LogP) is 2.68. The Morgan fingerprint density at radius 2 is 2.00 bits per heavy atom. The minimum Gasteiger partial charge on any atom is -0.507 e. The third-order valence-electron chi connectivity index (χ3n) is 4.74. The Bertz CT molecular complexity index is 1040. The summed E-state index contributed by atoms with van der Waals surface area (Å²) in [4.78, 5) is 5.62. The van der Waals surface area contributed by atoms with Gasteiger partial charge in [0.2, 0.25) is 0 Å². The molecule has 25 heavy (non-hydrogen) atoms. The Kier molecular flexibility index (Phi) is 3.29. The molecule has 8 heteroatoms. The number of hydrogen-bond acceptors (Lipinski definition) is 6. The molecule has 5 rings (SSSR count). The fraction of sp³-hybridized carbons (Fsp3) is 0.353. The van der Waals surface area contributed by atoms with Crippen LogP contribution >= 0.6 is 11.3 Å². The van der Waals surface area contributed by atoms with Crippen LogP contribution in [-0.2, 0) is 7.05 Å². The monoisotopic (exact) mass is 354 g/mol. The summed E-state index contributed by atoms with van der Waals surface area (Å²) >= 11 is 1.52. The highest BCUT2D eigenvalue weighted by atomic mass is 32.1. The van der Waals surface area contributed by atoms with E-state index in [2.05, 4.69) is 15.1 Å². The van der Waals surface area contributed by atoms with E-state index in [1.807, 2.05) is 25.5 Å². The molecule has 4 heterocycles. The zero-order valence-corrected chi connectivity index (χ0v) is 14.6. The molecule has 0 aliphatic carbocycles. The van der Waals surface area contributed by atoms with Crippen molar-refractivity contribution in [2.24, 2.45) is 7.05 Å². The van der Waals surface area contributed by atoms with E-state index in [1.54, 1.807) is 10.7 Å². The number of piperidine rings is 1. The van der Waals surface area contributed by atoms with Gasteiger partial charge in [-0.15, -0.1) is 0 Å². The zero-order chi connectivity index (χ0) is 17.0. The summed E-state index contributed by atoms with van der Waals surface area (Å²) in [7, 11) is 1.87. The minimum absolute atomic E-state index is 0.203. The maximum absolute atomic E-state index is 10.4. The Morgan fingerprint density at radius 1 is 1.16 bits per heavy atom. The van der Waals surface area contributed by atoms with Crippen LogP contribution in [-0.4, -0.2) is 42.7 Å². The van der Waals surface area contributed by atoms with Gasteiger partial charge in [-0.3, -0.25) is 9.36 Å². The summed E-state index contributed by atoms with van der Waals surface area (Å²) < 4.78 is 3.80. The molecule has 4 aromatic rings. The first-order valence-electron chi connectivity index (χ1n) is 8.40. The maximum atomic E-state index is 10.4. The van der Waals surface area contributed by atoms with Gasteiger partial charge in [-0.1, -0.05) is 11.3 Å². The van der Waals surface area contributed by atoms with Gasteiger partial charge < -0.3 is 10.4 Å². The van der Waals surface area contributed by atoms with Crippen LogP contribution in [0, 0.1) is 0 Å². The molecule has 3 aromatic heterocycles. The number of nitrogens with zero attached hydrogens (tertiary/aromatic N) is 5. The molecule has 7 nitrogen and oxygen atoms in total. The van der Waals surface area contributed by atoms with Crippen LogP contribution in [0.15, 0.2) is 24.5 Å². The van der Waals surface area contributed by atoms with Crippen LogP contribution in [0.5, 0.6) is 5.75 Å². The number of aromatic hydroxyl groups is 1. The second-order valence-electron chi connectivity index (χ2n) is 6.53. The second kappa shape index (κ2) is 5.53. The molecule has 0 radical (unpaired) electrons. The van der Waals surface area contributed by atoms with Crippen molar-refractivity contribution < 1.29 is 5.11 Å². The lowest BCUT2D eigenvalue weighted by molar-refractivity contribution is 0.345. The molecule has 128 valence electrons. The maximum Gasteiger partial charge on any atom is 0.166 e. The van der Waals surface area contributed by atoms with E-state index < -0.39 is 0 Å². The fourth-order valence-electron chi connectivity index (χ4n) is 3.47. The van der Waals surface area contributed by atoms with Gasteiger partial charge in [0.05, 0.1) is 23.3 Å². The van der Waals surface area contributed by atoms with Crippen LogP contribution in [0.1, 0.15) is 18.9 Å². The van der Waals surface area contributed by atoms with Crippen molar-refractivity contribution in [2.75, 3.05) is 13.1 Å². The standard InChI is InChI=1S/C17H18N6OS/c1-22-8-10-6-12(15(24)7-13(10)20-22)16-19-14-9-23(21-17(14)25-16)11-2-4-18-5-3-11/h6-9,11,18,24H,2-5H2,1H3. The molecule has 0 amide bonds. The van der Waals surface area contributed by atoms with Crippen molar-refractivity contribution in [3.8, 4) is 16.3 Å². The Balaban J connectivity index is 1.54. The van der Waals surface area contributed by atoms with Crippen molar-refractivity contribution in [3.63, 3.8) is 0 Å². The first kappa shape index (κ1) is 14.9. The molecule has 0 bridgehead atoms. The van der Waals surface area contributed by atoms with Crippen molar-refractivity contribution in [1.29, 1.82) is 0 Å².